The van der Waals surface area contributed by atoms with Crippen molar-refractivity contribution in [1.29, 1.82) is 0 Å². The average molecular weight is 415 g/mol. The normalized spacial score (nSPS) is 16.4. The molecule has 7 nitrogen and oxygen atoms in total. The molecule has 25 heavy (non-hydrogen) atoms. The first-order valence-electron chi connectivity index (χ1n) is 8.56. The fourth-order valence-electron chi connectivity index (χ4n) is 2.81. The molecular formula is C17H25BrN3O4+. The number of nitrogens with two attached hydrogens (primary N) is 1. The van der Waals surface area contributed by atoms with Crippen LogP contribution in [0, 0.1) is 0 Å². The zero-order valence-corrected chi connectivity index (χ0v) is 15.7. The molecule has 0 radical (unpaired) electrons. The predicted octanol–water partition coefficient (Wildman–Crippen LogP) is -2.24. The molecule has 1 heterocycles. The Morgan fingerprint density at radius 2 is 2.04 bits per heavy atom. The molecule has 8 heteroatoms. The number of morpholine rings is 1. The molecule has 1 amide bonds. The van der Waals surface area contributed by atoms with Gasteiger partial charge in [0.15, 0.2) is 0 Å². The van der Waals surface area contributed by atoms with Gasteiger partial charge in [-0.2, -0.15) is 0 Å². The van der Waals surface area contributed by atoms with Crippen LogP contribution in [0.2, 0.25) is 0 Å². The number of rotatable bonds is 9. The predicted molar refractivity (Wildman–Crippen MR) is 94.0 cm³/mol. The van der Waals surface area contributed by atoms with Crippen molar-refractivity contribution in [1.82, 2.24) is 0 Å². The summed E-state index contributed by atoms with van der Waals surface area (Å²) in [5, 5.41) is 15.7. The number of amides is 1. The van der Waals surface area contributed by atoms with Crippen molar-refractivity contribution >= 4 is 33.5 Å². The van der Waals surface area contributed by atoms with Gasteiger partial charge in [0, 0.05) is 10.9 Å². The second-order valence-electron chi connectivity index (χ2n) is 6.15. The van der Waals surface area contributed by atoms with Crippen LogP contribution >= 0.6 is 15.9 Å². The topological polar surface area (TPSA) is 99.5 Å². The highest BCUT2D eigenvalue weighted by molar-refractivity contribution is 9.10. The lowest BCUT2D eigenvalue weighted by molar-refractivity contribution is -0.909. The number of hydrogen-bond donors (Lipinski definition) is 3. The quantitative estimate of drug-likeness (QED) is 0.398. The average Bonchev–Trinajstić information content (AvgIpc) is 2.60. The maximum absolute atomic E-state index is 12.1. The van der Waals surface area contributed by atoms with E-state index in [1.54, 1.807) is 17.4 Å². The van der Waals surface area contributed by atoms with Crippen molar-refractivity contribution in [2.45, 2.75) is 18.9 Å². The number of carboxylic acids is 1. The molecule has 0 saturated carbocycles. The van der Waals surface area contributed by atoms with E-state index in [0.29, 0.717) is 12.2 Å². The van der Waals surface area contributed by atoms with Crippen molar-refractivity contribution in [3.8, 4) is 0 Å². The van der Waals surface area contributed by atoms with Crippen LogP contribution in [-0.2, 0) is 14.3 Å². The Hall–Kier alpha value is -1.48. The fraction of sp³-hybridized carbons (Fsp3) is 0.529. The molecule has 138 valence electrons. The van der Waals surface area contributed by atoms with Crippen LogP contribution in [0.1, 0.15) is 12.8 Å². The van der Waals surface area contributed by atoms with Gasteiger partial charge >= 0.3 is 0 Å². The van der Waals surface area contributed by atoms with Gasteiger partial charge in [-0.1, -0.05) is 12.1 Å². The van der Waals surface area contributed by atoms with E-state index in [-0.39, 0.29) is 12.3 Å². The van der Waals surface area contributed by atoms with E-state index in [2.05, 4.69) is 21.2 Å². The number of para-hydroxylation sites is 1. The van der Waals surface area contributed by atoms with Crippen molar-refractivity contribution in [2.75, 3.05) is 44.7 Å². The molecule has 0 aromatic heterocycles. The van der Waals surface area contributed by atoms with E-state index >= 15 is 0 Å². The van der Waals surface area contributed by atoms with Crippen LogP contribution in [-0.4, -0.2) is 57.3 Å². The van der Waals surface area contributed by atoms with Crippen LogP contribution < -0.4 is 20.6 Å². The van der Waals surface area contributed by atoms with Gasteiger partial charge in [0.2, 0.25) is 5.91 Å². The van der Waals surface area contributed by atoms with E-state index in [1.165, 1.54) is 4.90 Å². The lowest BCUT2D eigenvalue weighted by Gasteiger charge is -2.23. The third-order valence-corrected chi connectivity index (χ3v) is 4.93. The first kappa shape index (κ1) is 19.8. The smallest absolute Gasteiger partial charge is 0.230 e. The van der Waals surface area contributed by atoms with Crippen LogP contribution in [0.3, 0.4) is 0 Å². The first-order chi connectivity index (χ1) is 12.1. The van der Waals surface area contributed by atoms with Crippen molar-refractivity contribution < 1.29 is 29.6 Å². The molecule has 1 aromatic rings. The summed E-state index contributed by atoms with van der Waals surface area (Å²) < 4.78 is 6.07. The SMILES string of the molecule is O=C(C[C@H]([NH2+]CCC[NH+]1CCOCC1)C(=O)[O-])Nc1ccccc1Br. The lowest BCUT2D eigenvalue weighted by Crippen LogP contribution is -3.14. The van der Waals surface area contributed by atoms with E-state index in [4.69, 9.17) is 4.74 Å². The summed E-state index contributed by atoms with van der Waals surface area (Å²) in [4.78, 5) is 24.9. The zero-order chi connectivity index (χ0) is 18.1. The fourth-order valence-corrected chi connectivity index (χ4v) is 3.19. The van der Waals surface area contributed by atoms with Crippen LogP contribution in [0.15, 0.2) is 28.7 Å². The second-order valence-corrected chi connectivity index (χ2v) is 7.00. The Balaban J connectivity index is 1.73. The summed E-state index contributed by atoms with van der Waals surface area (Å²) in [6.45, 7) is 5.22. The van der Waals surface area contributed by atoms with Gasteiger partial charge < -0.3 is 30.2 Å². The molecule has 1 saturated heterocycles. The molecule has 1 aliphatic heterocycles. The van der Waals surface area contributed by atoms with Crippen LogP contribution in [0.25, 0.3) is 0 Å². The number of hydrogen-bond acceptors (Lipinski definition) is 4. The summed E-state index contributed by atoms with van der Waals surface area (Å²) >= 11 is 3.35. The van der Waals surface area contributed by atoms with Gasteiger partial charge in [-0.05, 0) is 28.1 Å². The summed E-state index contributed by atoms with van der Waals surface area (Å²) in [5.74, 6) is -1.54. The molecule has 1 atom stereocenters. The molecule has 1 aliphatic rings. The standard InChI is InChI=1S/C17H24BrN3O4/c18-13-4-1-2-5-14(13)20-16(22)12-15(17(23)24)19-6-3-7-21-8-10-25-11-9-21/h1-2,4-5,15,19H,3,6-12H2,(H,20,22)(H,23,24)/p+1/t15-/m0/s1. The third-order valence-electron chi connectivity index (χ3n) is 4.24. The van der Waals surface area contributed by atoms with Gasteiger partial charge in [-0.15, -0.1) is 0 Å². The zero-order valence-electron chi connectivity index (χ0n) is 14.1. The number of ether oxygens (including phenoxy) is 1. The number of quaternary nitrogens is 2. The Kier molecular flexibility index (Phi) is 8.33. The molecular weight excluding hydrogens is 390 g/mol. The minimum absolute atomic E-state index is 0.117. The number of carbonyl (C=O) groups excluding carboxylic acids is 2. The third kappa shape index (κ3) is 7.11. The minimum atomic E-state index is -1.21. The number of carbonyl (C=O) groups is 2. The Morgan fingerprint density at radius 3 is 2.72 bits per heavy atom. The molecule has 0 aliphatic carbocycles. The molecule has 4 N–H and O–H groups in total. The maximum atomic E-state index is 12.1. The summed E-state index contributed by atoms with van der Waals surface area (Å²) in [5.41, 5.74) is 0.625. The molecule has 1 fully saturated rings. The highest BCUT2D eigenvalue weighted by atomic mass is 79.9. The summed E-state index contributed by atoms with van der Waals surface area (Å²) in [6.07, 6.45) is 0.777. The highest BCUT2D eigenvalue weighted by Gasteiger charge is 2.19. The minimum Gasteiger partial charge on any atom is -0.544 e. The highest BCUT2D eigenvalue weighted by Crippen LogP contribution is 2.21. The van der Waals surface area contributed by atoms with E-state index < -0.39 is 12.0 Å². The van der Waals surface area contributed by atoms with Gasteiger partial charge in [-0.25, -0.2) is 0 Å². The lowest BCUT2D eigenvalue weighted by atomic mass is 10.2. The van der Waals surface area contributed by atoms with Crippen molar-refractivity contribution in [3.63, 3.8) is 0 Å². The monoisotopic (exact) mass is 414 g/mol. The van der Waals surface area contributed by atoms with Gasteiger partial charge in [0.25, 0.3) is 0 Å². The number of nitrogens with one attached hydrogen (secondary N) is 2. The van der Waals surface area contributed by atoms with Crippen LogP contribution in [0.4, 0.5) is 5.69 Å². The van der Waals surface area contributed by atoms with E-state index in [0.717, 1.165) is 43.7 Å². The number of carboxylic acid groups (broad SMARTS) is 1. The van der Waals surface area contributed by atoms with E-state index in [1.807, 2.05) is 12.1 Å². The summed E-state index contributed by atoms with van der Waals surface area (Å²) in [7, 11) is 0. The molecule has 0 unspecified atom stereocenters. The van der Waals surface area contributed by atoms with Crippen LogP contribution in [0.5, 0.6) is 0 Å². The van der Waals surface area contributed by atoms with Gasteiger partial charge in [0.05, 0.1) is 44.4 Å². The number of benzene rings is 1. The largest absolute Gasteiger partial charge is 0.544 e. The first-order valence-corrected chi connectivity index (χ1v) is 9.35. The molecule has 0 bridgehead atoms. The Morgan fingerprint density at radius 1 is 1.32 bits per heavy atom. The molecule has 1 aromatic carbocycles. The maximum Gasteiger partial charge on any atom is 0.230 e. The number of aliphatic carboxylic acids is 1. The van der Waals surface area contributed by atoms with E-state index in [9.17, 15) is 14.7 Å². The second kappa shape index (κ2) is 10.5. The molecule has 2 rings (SSSR count). The summed E-state index contributed by atoms with van der Waals surface area (Å²) in [6, 6.07) is 6.34. The van der Waals surface area contributed by atoms with Gasteiger partial charge in [0.1, 0.15) is 19.1 Å². The van der Waals surface area contributed by atoms with Crippen molar-refractivity contribution in [2.24, 2.45) is 0 Å². The number of halogens is 1. The van der Waals surface area contributed by atoms with Crippen molar-refractivity contribution in [3.05, 3.63) is 28.7 Å². The molecule has 0 spiro atoms. The Labute approximate surface area is 155 Å². The Bertz CT molecular complexity index is 579. The number of anilines is 1. The van der Waals surface area contributed by atoms with Gasteiger partial charge in [-0.3, -0.25) is 4.79 Å².